The molecule has 5 heteroatoms. The maximum Gasteiger partial charge on any atom is 0.319 e. The standard InChI is InChI=1S/C23H27N3O2/c1-2-3-14-28-18-11-8-16(9-12-18)24-23(27)25-17-10-13-20-19-6-4-5-7-21(19)26-22(20)15-17/h4-9,11-12,17,26H,2-3,10,13-15H2,1H3,(H2,24,25,27). The van der Waals surface area contributed by atoms with Crippen LogP contribution < -0.4 is 15.4 Å². The van der Waals surface area contributed by atoms with E-state index in [0.29, 0.717) is 0 Å². The molecule has 1 aromatic heterocycles. The molecule has 2 amide bonds. The van der Waals surface area contributed by atoms with E-state index in [9.17, 15) is 4.79 Å². The first-order valence-electron chi connectivity index (χ1n) is 10.1. The highest BCUT2D eigenvalue weighted by Gasteiger charge is 2.23. The quantitative estimate of drug-likeness (QED) is 0.528. The second-order valence-corrected chi connectivity index (χ2v) is 7.39. The van der Waals surface area contributed by atoms with E-state index >= 15 is 0 Å². The molecule has 0 radical (unpaired) electrons. The zero-order chi connectivity index (χ0) is 19.3. The minimum atomic E-state index is -0.163. The molecule has 1 heterocycles. The molecular formula is C23H27N3O2. The first-order chi connectivity index (χ1) is 13.7. The van der Waals surface area contributed by atoms with E-state index in [-0.39, 0.29) is 12.1 Å². The number of unbranched alkanes of at least 4 members (excludes halogenated alkanes) is 1. The summed E-state index contributed by atoms with van der Waals surface area (Å²) in [5, 5.41) is 7.33. The van der Waals surface area contributed by atoms with Crippen LogP contribution in [0.3, 0.4) is 0 Å². The molecule has 0 bridgehead atoms. The number of nitrogens with one attached hydrogen (secondary N) is 3. The van der Waals surface area contributed by atoms with Crippen molar-refractivity contribution in [3.05, 3.63) is 59.8 Å². The molecule has 3 N–H and O–H groups in total. The Labute approximate surface area is 165 Å². The molecule has 146 valence electrons. The Bertz CT molecular complexity index is 946. The second kappa shape index (κ2) is 8.38. The average molecular weight is 377 g/mol. The Morgan fingerprint density at radius 1 is 1.18 bits per heavy atom. The van der Waals surface area contributed by atoms with Crippen molar-refractivity contribution in [1.29, 1.82) is 0 Å². The van der Waals surface area contributed by atoms with Crippen molar-refractivity contribution >= 4 is 22.6 Å². The number of fused-ring (bicyclic) bond motifs is 3. The smallest absolute Gasteiger partial charge is 0.319 e. The maximum absolute atomic E-state index is 12.4. The number of urea groups is 1. The summed E-state index contributed by atoms with van der Waals surface area (Å²) in [7, 11) is 0. The zero-order valence-electron chi connectivity index (χ0n) is 16.3. The Morgan fingerprint density at radius 3 is 2.82 bits per heavy atom. The van der Waals surface area contributed by atoms with Gasteiger partial charge in [-0.25, -0.2) is 4.79 Å². The van der Waals surface area contributed by atoms with Gasteiger partial charge >= 0.3 is 6.03 Å². The van der Waals surface area contributed by atoms with Gasteiger partial charge in [-0.3, -0.25) is 0 Å². The van der Waals surface area contributed by atoms with Gasteiger partial charge in [0.1, 0.15) is 5.75 Å². The number of aromatic amines is 1. The summed E-state index contributed by atoms with van der Waals surface area (Å²) in [6.45, 7) is 2.86. The predicted octanol–water partition coefficient (Wildman–Crippen LogP) is 5.03. The molecule has 0 saturated carbocycles. The number of hydrogen-bond acceptors (Lipinski definition) is 2. The molecule has 0 aliphatic heterocycles. The summed E-state index contributed by atoms with van der Waals surface area (Å²) in [5.41, 5.74) is 4.58. The predicted molar refractivity (Wildman–Crippen MR) is 113 cm³/mol. The van der Waals surface area contributed by atoms with Gasteiger partial charge in [0, 0.05) is 34.7 Å². The van der Waals surface area contributed by atoms with E-state index in [1.165, 1.54) is 22.2 Å². The molecule has 0 fully saturated rings. The van der Waals surface area contributed by atoms with Gasteiger partial charge in [0.2, 0.25) is 0 Å². The highest BCUT2D eigenvalue weighted by atomic mass is 16.5. The van der Waals surface area contributed by atoms with E-state index in [1.807, 2.05) is 30.3 Å². The lowest BCUT2D eigenvalue weighted by molar-refractivity contribution is 0.247. The third-order valence-corrected chi connectivity index (χ3v) is 5.31. The van der Waals surface area contributed by atoms with Gasteiger partial charge in [-0.1, -0.05) is 31.5 Å². The van der Waals surface area contributed by atoms with Crippen LogP contribution in [0.25, 0.3) is 10.9 Å². The SMILES string of the molecule is CCCCOc1ccc(NC(=O)NC2CCc3c([nH]c4ccccc34)C2)cc1. The van der Waals surface area contributed by atoms with Crippen molar-refractivity contribution < 1.29 is 9.53 Å². The Hall–Kier alpha value is -2.95. The summed E-state index contributed by atoms with van der Waals surface area (Å²) >= 11 is 0. The fourth-order valence-corrected chi connectivity index (χ4v) is 3.83. The minimum Gasteiger partial charge on any atom is -0.494 e. The van der Waals surface area contributed by atoms with Gasteiger partial charge in [0.05, 0.1) is 6.61 Å². The van der Waals surface area contributed by atoms with Crippen LogP contribution >= 0.6 is 0 Å². The number of H-pyrrole nitrogens is 1. The first-order valence-corrected chi connectivity index (χ1v) is 10.1. The summed E-state index contributed by atoms with van der Waals surface area (Å²) in [6.07, 6.45) is 4.92. The molecule has 1 aliphatic rings. The molecule has 1 aliphatic carbocycles. The monoisotopic (exact) mass is 377 g/mol. The van der Waals surface area contributed by atoms with E-state index in [1.54, 1.807) is 0 Å². The number of ether oxygens (including phenoxy) is 1. The molecule has 2 aromatic carbocycles. The number of amides is 2. The normalized spacial score (nSPS) is 15.8. The Morgan fingerprint density at radius 2 is 2.00 bits per heavy atom. The summed E-state index contributed by atoms with van der Waals surface area (Å²) < 4.78 is 5.65. The molecular weight excluding hydrogens is 350 g/mol. The number of para-hydroxylation sites is 1. The Kier molecular flexibility index (Phi) is 5.51. The summed E-state index contributed by atoms with van der Waals surface area (Å²) in [5.74, 6) is 0.832. The van der Waals surface area contributed by atoms with E-state index in [0.717, 1.165) is 50.1 Å². The van der Waals surface area contributed by atoms with Gasteiger partial charge in [-0.2, -0.15) is 0 Å². The van der Waals surface area contributed by atoms with Crippen molar-refractivity contribution in [1.82, 2.24) is 10.3 Å². The van der Waals surface area contributed by atoms with E-state index in [2.05, 4.69) is 40.7 Å². The highest BCUT2D eigenvalue weighted by molar-refractivity contribution is 5.89. The molecule has 5 nitrogen and oxygen atoms in total. The highest BCUT2D eigenvalue weighted by Crippen LogP contribution is 2.29. The van der Waals surface area contributed by atoms with Crippen LogP contribution in [-0.4, -0.2) is 23.7 Å². The summed E-state index contributed by atoms with van der Waals surface area (Å²) in [4.78, 5) is 15.9. The van der Waals surface area contributed by atoms with E-state index in [4.69, 9.17) is 4.74 Å². The lowest BCUT2D eigenvalue weighted by Gasteiger charge is -2.23. The van der Waals surface area contributed by atoms with Gasteiger partial charge in [-0.15, -0.1) is 0 Å². The van der Waals surface area contributed by atoms with Crippen molar-refractivity contribution in [2.24, 2.45) is 0 Å². The fourth-order valence-electron chi connectivity index (χ4n) is 3.83. The molecule has 4 rings (SSSR count). The number of benzene rings is 2. The lowest BCUT2D eigenvalue weighted by Crippen LogP contribution is -2.41. The van der Waals surface area contributed by atoms with Gasteiger partial charge < -0.3 is 20.4 Å². The molecule has 1 unspecified atom stereocenters. The van der Waals surface area contributed by atoms with Crippen LogP contribution in [-0.2, 0) is 12.8 Å². The van der Waals surface area contributed by atoms with Crippen LogP contribution in [0.15, 0.2) is 48.5 Å². The van der Waals surface area contributed by atoms with Crippen LogP contribution in [0.5, 0.6) is 5.75 Å². The minimum absolute atomic E-state index is 0.136. The molecule has 1 atom stereocenters. The summed E-state index contributed by atoms with van der Waals surface area (Å²) in [6, 6.07) is 15.9. The number of anilines is 1. The third kappa shape index (κ3) is 4.14. The number of rotatable bonds is 6. The first kappa shape index (κ1) is 18.4. The van der Waals surface area contributed by atoms with Crippen molar-refractivity contribution in [2.45, 2.75) is 45.1 Å². The van der Waals surface area contributed by atoms with Crippen LogP contribution in [0.1, 0.15) is 37.4 Å². The number of hydrogen-bond donors (Lipinski definition) is 3. The molecule has 28 heavy (non-hydrogen) atoms. The fraction of sp³-hybridized carbons (Fsp3) is 0.348. The maximum atomic E-state index is 12.4. The van der Waals surface area contributed by atoms with Crippen molar-refractivity contribution in [3.63, 3.8) is 0 Å². The third-order valence-electron chi connectivity index (χ3n) is 5.31. The van der Waals surface area contributed by atoms with Gasteiger partial charge in [-0.05, 0) is 55.2 Å². The number of carbonyl (C=O) groups excluding carboxylic acids is 1. The second-order valence-electron chi connectivity index (χ2n) is 7.39. The number of carbonyl (C=O) groups is 1. The molecule has 3 aromatic rings. The lowest BCUT2D eigenvalue weighted by atomic mass is 9.92. The molecule has 0 saturated heterocycles. The van der Waals surface area contributed by atoms with Gasteiger partial charge in [0.25, 0.3) is 0 Å². The largest absolute Gasteiger partial charge is 0.494 e. The van der Waals surface area contributed by atoms with Gasteiger partial charge in [0.15, 0.2) is 0 Å². The average Bonchev–Trinajstić information content (AvgIpc) is 3.07. The number of aryl methyl sites for hydroxylation is 1. The van der Waals surface area contributed by atoms with E-state index < -0.39 is 0 Å². The number of aromatic nitrogens is 1. The molecule has 0 spiro atoms. The topological polar surface area (TPSA) is 66.2 Å². The van der Waals surface area contributed by atoms with Crippen LogP contribution in [0.2, 0.25) is 0 Å². The van der Waals surface area contributed by atoms with Crippen LogP contribution in [0.4, 0.5) is 10.5 Å². The Balaban J connectivity index is 1.32. The van der Waals surface area contributed by atoms with Crippen LogP contribution in [0, 0.1) is 0 Å². The van der Waals surface area contributed by atoms with Crippen molar-refractivity contribution in [3.8, 4) is 5.75 Å². The van der Waals surface area contributed by atoms with Crippen molar-refractivity contribution in [2.75, 3.05) is 11.9 Å². The zero-order valence-corrected chi connectivity index (χ0v) is 16.3.